The van der Waals surface area contributed by atoms with Crippen LogP contribution in [-0.2, 0) is 5.75 Å². The van der Waals surface area contributed by atoms with E-state index in [1.54, 1.807) is 0 Å². The maximum Gasteiger partial charge on any atom is 0.0447 e. The molecule has 0 saturated carbocycles. The van der Waals surface area contributed by atoms with Crippen molar-refractivity contribution < 1.29 is 0 Å². The Balaban J connectivity index is 2.40. The predicted octanol–water partition coefficient (Wildman–Crippen LogP) is 2.72. The second kappa shape index (κ2) is 6.26. The van der Waals surface area contributed by atoms with E-state index < -0.39 is 0 Å². The minimum atomic E-state index is 0.780. The third kappa shape index (κ3) is 4.78. The van der Waals surface area contributed by atoms with Gasteiger partial charge in [0.25, 0.3) is 0 Å². The lowest BCUT2D eigenvalue weighted by Crippen LogP contribution is -2.14. The van der Waals surface area contributed by atoms with Crippen molar-refractivity contribution in [3.63, 3.8) is 0 Å². The van der Waals surface area contributed by atoms with E-state index in [0.29, 0.717) is 0 Å². The number of nitrogens with two attached hydrogens (primary N) is 1. The Labute approximate surface area is 101 Å². The van der Waals surface area contributed by atoms with Gasteiger partial charge in [-0.1, -0.05) is 11.6 Å². The molecule has 0 spiro atoms. The molecule has 0 aromatic heterocycles. The minimum absolute atomic E-state index is 0.780. The molecule has 1 aromatic carbocycles. The monoisotopic (exact) mass is 244 g/mol. The van der Waals surface area contributed by atoms with Crippen LogP contribution in [0.15, 0.2) is 18.2 Å². The second-order valence-corrected chi connectivity index (χ2v) is 5.22. The smallest absolute Gasteiger partial charge is 0.0447 e. The number of nitrogens with zero attached hydrogens (tertiary/aromatic N) is 1. The molecule has 0 atom stereocenters. The lowest BCUT2D eigenvalue weighted by atomic mass is 10.2. The zero-order valence-corrected chi connectivity index (χ0v) is 10.7. The van der Waals surface area contributed by atoms with Crippen LogP contribution in [0.3, 0.4) is 0 Å². The maximum absolute atomic E-state index is 6.06. The summed E-state index contributed by atoms with van der Waals surface area (Å²) in [5.74, 6) is 2.04. The Kier molecular flexibility index (Phi) is 5.29. The average Bonchev–Trinajstić information content (AvgIpc) is 2.17. The van der Waals surface area contributed by atoms with Crippen LogP contribution in [0.4, 0.5) is 5.69 Å². The van der Waals surface area contributed by atoms with Gasteiger partial charge in [-0.05, 0) is 37.9 Å². The van der Waals surface area contributed by atoms with Gasteiger partial charge in [0, 0.05) is 28.8 Å². The standard InChI is InChI=1S/C11H17ClN2S/c1-14(2)5-6-15-8-9-7-10(13)3-4-11(9)12/h3-4,7H,5-6,8,13H2,1-2H3. The highest BCUT2D eigenvalue weighted by Gasteiger charge is 2.01. The summed E-state index contributed by atoms with van der Waals surface area (Å²) in [5.41, 5.74) is 7.61. The number of thioether (sulfide) groups is 1. The number of halogens is 1. The fourth-order valence-electron chi connectivity index (χ4n) is 1.13. The quantitative estimate of drug-likeness (QED) is 0.638. The SMILES string of the molecule is CN(C)CCSCc1cc(N)ccc1Cl. The predicted molar refractivity (Wildman–Crippen MR) is 70.6 cm³/mol. The van der Waals surface area contributed by atoms with Gasteiger partial charge in [0.05, 0.1) is 0 Å². The van der Waals surface area contributed by atoms with Crippen molar-refractivity contribution in [2.45, 2.75) is 5.75 Å². The van der Waals surface area contributed by atoms with Crippen molar-refractivity contribution in [1.82, 2.24) is 4.90 Å². The summed E-state index contributed by atoms with van der Waals surface area (Å²) in [4.78, 5) is 2.17. The first-order valence-corrected chi connectivity index (χ1v) is 6.39. The Morgan fingerprint density at radius 2 is 2.13 bits per heavy atom. The van der Waals surface area contributed by atoms with Gasteiger partial charge < -0.3 is 10.6 Å². The van der Waals surface area contributed by atoms with Crippen LogP contribution in [0.25, 0.3) is 0 Å². The molecule has 15 heavy (non-hydrogen) atoms. The zero-order chi connectivity index (χ0) is 11.3. The number of rotatable bonds is 5. The third-order valence-electron chi connectivity index (χ3n) is 2.01. The fraction of sp³-hybridized carbons (Fsp3) is 0.455. The number of hydrogen-bond acceptors (Lipinski definition) is 3. The Morgan fingerprint density at radius 3 is 2.80 bits per heavy atom. The first kappa shape index (κ1) is 12.7. The van der Waals surface area contributed by atoms with Gasteiger partial charge in [-0.15, -0.1) is 0 Å². The molecular weight excluding hydrogens is 228 g/mol. The normalized spacial score (nSPS) is 10.9. The molecule has 0 bridgehead atoms. The molecule has 2 nitrogen and oxygen atoms in total. The van der Waals surface area contributed by atoms with Crippen LogP contribution in [0.1, 0.15) is 5.56 Å². The van der Waals surface area contributed by atoms with Crippen molar-refractivity contribution in [3.05, 3.63) is 28.8 Å². The van der Waals surface area contributed by atoms with Crippen molar-refractivity contribution in [3.8, 4) is 0 Å². The van der Waals surface area contributed by atoms with Gasteiger partial charge in [-0.2, -0.15) is 11.8 Å². The van der Waals surface area contributed by atoms with E-state index in [1.165, 1.54) is 0 Å². The Morgan fingerprint density at radius 1 is 1.40 bits per heavy atom. The zero-order valence-electron chi connectivity index (χ0n) is 9.16. The molecule has 4 heteroatoms. The molecule has 0 amide bonds. The third-order valence-corrected chi connectivity index (χ3v) is 3.37. The van der Waals surface area contributed by atoms with Crippen LogP contribution < -0.4 is 5.73 Å². The molecule has 2 N–H and O–H groups in total. The molecular formula is C11H17ClN2S. The first-order chi connectivity index (χ1) is 7.09. The van der Waals surface area contributed by atoms with Crippen molar-refractivity contribution >= 4 is 29.1 Å². The summed E-state index contributed by atoms with van der Waals surface area (Å²) in [6, 6.07) is 5.64. The van der Waals surface area contributed by atoms with Crippen LogP contribution in [0.2, 0.25) is 5.02 Å². The number of benzene rings is 1. The van der Waals surface area contributed by atoms with E-state index in [-0.39, 0.29) is 0 Å². The lowest BCUT2D eigenvalue weighted by molar-refractivity contribution is 0.437. The van der Waals surface area contributed by atoms with E-state index in [4.69, 9.17) is 17.3 Å². The molecule has 0 fully saturated rings. The average molecular weight is 245 g/mol. The molecule has 1 aromatic rings. The lowest BCUT2D eigenvalue weighted by Gasteiger charge is -2.09. The van der Waals surface area contributed by atoms with E-state index in [0.717, 1.165) is 34.3 Å². The van der Waals surface area contributed by atoms with Gasteiger partial charge in [0.1, 0.15) is 0 Å². The van der Waals surface area contributed by atoms with E-state index in [2.05, 4.69) is 19.0 Å². The van der Waals surface area contributed by atoms with Gasteiger partial charge >= 0.3 is 0 Å². The van der Waals surface area contributed by atoms with Gasteiger partial charge in [-0.3, -0.25) is 0 Å². The minimum Gasteiger partial charge on any atom is -0.399 e. The van der Waals surface area contributed by atoms with E-state index >= 15 is 0 Å². The van der Waals surface area contributed by atoms with E-state index in [1.807, 2.05) is 30.0 Å². The number of anilines is 1. The Hall–Kier alpha value is -0.380. The van der Waals surface area contributed by atoms with Crippen LogP contribution >= 0.6 is 23.4 Å². The van der Waals surface area contributed by atoms with Crippen LogP contribution in [0.5, 0.6) is 0 Å². The Bertz CT molecular complexity index is 315. The van der Waals surface area contributed by atoms with Gasteiger partial charge in [0.15, 0.2) is 0 Å². The van der Waals surface area contributed by atoms with Gasteiger partial charge in [-0.25, -0.2) is 0 Å². The second-order valence-electron chi connectivity index (χ2n) is 3.71. The molecule has 0 aliphatic carbocycles. The highest BCUT2D eigenvalue weighted by molar-refractivity contribution is 7.98. The summed E-state index contributed by atoms with van der Waals surface area (Å²) >= 11 is 7.93. The van der Waals surface area contributed by atoms with Crippen LogP contribution in [0, 0.1) is 0 Å². The van der Waals surface area contributed by atoms with Gasteiger partial charge in [0.2, 0.25) is 0 Å². The molecule has 0 heterocycles. The molecule has 0 radical (unpaired) electrons. The molecule has 1 rings (SSSR count). The summed E-state index contributed by atoms with van der Waals surface area (Å²) in [6.45, 7) is 1.09. The van der Waals surface area contributed by atoms with E-state index in [9.17, 15) is 0 Å². The largest absolute Gasteiger partial charge is 0.399 e. The molecule has 0 aliphatic rings. The fourth-order valence-corrected chi connectivity index (χ4v) is 2.50. The summed E-state index contributed by atoms with van der Waals surface area (Å²) in [6.07, 6.45) is 0. The molecule has 0 aliphatic heterocycles. The number of hydrogen-bond donors (Lipinski definition) is 1. The molecule has 84 valence electrons. The highest BCUT2D eigenvalue weighted by atomic mass is 35.5. The van der Waals surface area contributed by atoms with Crippen LogP contribution in [-0.4, -0.2) is 31.3 Å². The topological polar surface area (TPSA) is 29.3 Å². The first-order valence-electron chi connectivity index (χ1n) is 4.86. The summed E-state index contributed by atoms with van der Waals surface area (Å²) in [5, 5.41) is 0.807. The molecule has 0 saturated heterocycles. The van der Waals surface area contributed by atoms with Crippen molar-refractivity contribution in [1.29, 1.82) is 0 Å². The van der Waals surface area contributed by atoms with Crippen molar-refractivity contribution in [2.75, 3.05) is 32.1 Å². The maximum atomic E-state index is 6.06. The number of nitrogen functional groups attached to an aromatic ring is 1. The summed E-state index contributed by atoms with van der Waals surface area (Å²) < 4.78 is 0. The summed E-state index contributed by atoms with van der Waals surface area (Å²) in [7, 11) is 4.15. The molecule has 0 unspecified atom stereocenters. The van der Waals surface area contributed by atoms with Crippen molar-refractivity contribution in [2.24, 2.45) is 0 Å². The highest BCUT2D eigenvalue weighted by Crippen LogP contribution is 2.23.